The van der Waals surface area contributed by atoms with Crippen LogP contribution in [0.25, 0.3) is 0 Å². The van der Waals surface area contributed by atoms with Gasteiger partial charge in [-0.3, -0.25) is 19.2 Å². The summed E-state index contributed by atoms with van der Waals surface area (Å²) in [6, 6.07) is 7.69. The van der Waals surface area contributed by atoms with E-state index in [4.69, 9.17) is 33.7 Å². The van der Waals surface area contributed by atoms with E-state index in [0.29, 0.717) is 16.2 Å². The lowest BCUT2D eigenvalue weighted by Gasteiger charge is -2.50. The Bertz CT molecular complexity index is 1600. The van der Waals surface area contributed by atoms with Crippen molar-refractivity contribution in [1.29, 1.82) is 0 Å². The largest absolute Gasteiger partial charge is 0.508 e. The third kappa shape index (κ3) is 3.45. The molecule has 0 spiro atoms. The number of anilines is 1. The third-order valence-electron chi connectivity index (χ3n) is 8.66. The van der Waals surface area contributed by atoms with Gasteiger partial charge in [0.05, 0.1) is 24.6 Å². The Morgan fingerprint density at radius 3 is 2.34 bits per heavy atom. The molecule has 2 aromatic rings. The predicted octanol–water partition coefficient (Wildman–Crippen LogP) is 3.18. The van der Waals surface area contributed by atoms with Crippen molar-refractivity contribution in [1.82, 2.24) is 4.90 Å². The van der Waals surface area contributed by atoms with Crippen molar-refractivity contribution in [3.05, 3.63) is 65.5 Å². The Morgan fingerprint density at radius 2 is 1.73 bits per heavy atom. The molecule has 2 aliphatic heterocycles. The number of halogens is 3. The van der Waals surface area contributed by atoms with Crippen LogP contribution < -0.4 is 15.4 Å². The molecule has 10 nitrogen and oxygen atoms in total. The molecule has 0 radical (unpaired) electrons. The van der Waals surface area contributed by atoms with Crippen molar-refractivity contribution in [3.8, 4) is 11.5 Å². The predicted molar refractivity (Wildman–Crippen MR) is 143 cm³/mol. The summed E-state index contributed by atoms with van der Waals surface area (Å²) < 4.78 is 18.9. The van der Waals surface area contributed by atoms with E-state index in [0.717, 1.165) is 17.0 Å². The number of fused-ring (bicyclic) bond motifs is 4. The highest BCUT2D eigenvalue weighted by atomic mass is 35.5. The van der Waals surface area contributed by atoms with Crippen molar-refractivity contribution in [3.63, 3.8) is 0 Å². The number of likely N-dealkylation sites (tertiary alicyclic amines) is 1. The number of amides is 6. The van der Waals surface area contributed by atoms with Crippen LogP contribution in [0.5, 0.6) is 11.5 Å². The maximum Gasteiger partial charge on any atom is 0.328 e. The molecule has 2 heterocycles. The number of aromatic hydroxyl groups is 1. The van der Waals surface area contributed by atoms with Crippen molar-refractivity contribution in [2.75, 3.05) is 12.0 Å². The van der Waals surface area contributed by atoms with Gasteiger partial charge in [-0.1, -0.05) is 17.7 Å². The number of urea groups is 1. The Labute approximate surface area is 242 Å². The third-order valence-corrected chi connectivity index (χ3v) is 10.1. The van der Waals surface area contributed by atoms with E-state index in [1.54, 1.807) is 6.08 Å². The maximum absolute atomic E-state index is 14.2. The number of hydrogen-bond donors (Lipinski definition) is 2. The first-order chi connectivity index (χ1) is 19.4. The van der Waals surface area contributed by atoms with Crippen molar-refractivity contribution < 1.29 is 38.2 Å². The van der Waals surface area contributed by atoms with Crippen LogP contribution >= 0.6 is 23.2 Å². The van der Waals surface area contributed by atoms with Crippen LogP contribution in [0.1, 0.15) is 24.3 Å². The van der Waals surface area contributed by atoms with Gasteiger partial charge in [0.25, 0.3) is 11.8 Å². The summed E-state index contributed by atoms with van der Waals surface area (Å²) >= 11 is 14.4. The number of benzene rings is 2. The molecule has 2 aromatic carbocycles. The minimum atomic E-state index is -2.21. The molecule has 3 N–H and O–H groups in total. The number of phenols is 1. The molecule has 2 aliphatic carbocycles. The number of methoxy groups -OCH3 is 1. The van der Waals surface area contributed by atoms with E-state index in [-0.39, 0.29) is 29.8 Å². The molecular formula is C28H22Cl2FN3O7. The lowest BCUT2D eigenvalue weighted by molar-refractivity contribution is -0.136. The lowest BCUT2D eigenvalue weighted by Crippen LogP contribution is -2.60. The summed E-state index contributed by atoms with van der Waals surface area (Å²) in [7, 11) is 1.40. The molecule has 212 valence electrons. The van der Waals surface area contributed by atoms with E-state index in [1.165, 1.54) is 37.4 Å². The molecule has 3 fully saturated rings. The smallest absolute Gasteiger partial charge is 0.328 e. The first-order valence-electron chi connectivity index (χ1n) is 12.6. The summed E-state index contributed by atoms with van der Waals surface area (Å²) in [5, 5.41) is 11.1. The molecule has 4 aliphatic rings. The average Bonchev–Trinajstić information content (AvgIpc) is 3.28. The molecule has 0 aromatic heterocycles. The molecule has 1 saturated carbocycles. The number of ether oxygens (including phenoxy) is 1. The molecule has 0 bridgehead atoms. The number of hydrogen-bond acceptors (Lipinski definition) is 7. The normalized spacial score (nSPS) is 32.4. The van der Waals surface area contributed by atoms with E-state index >= 15 is 0 Å². The lowest BCUT2D eigenvalue weighted by atomic mass is 9.56. The summed E-state index contributed by atoms with van der Waals surface area (Å²) in [5.74, 6) is -8.26. The quantitative estimate of drug-likeness (QED) is 0.312. The minimum Gasteiger partial charge on any atom is -0.508 e. The van der Waals surface area contributed by atoms with Crippen molar-refractivity contribution >= 4 is 58.5 Å². The molecule has 13 heteroatoms. The average molecular weight is 602 g/mol. The van der Waals surface area contributed by atoms with Gasteiger partial charge in [-0.2, -0.15) is 4.90 Å². The Morgan fingerprint density at radius 1 is 1.05 bits per heavy atom. The number of imide groups is 4. The van der Waals surface area contributed by atoms with E-state index < -0.39 is 68.9 Å². The molecule has 41 heavy (non-hydrogen) atoms. The highest BCUT2D eigenvalue weighted by molar-refractivity contribution is 6.58. The van der Waals surface area contributed by atoms with Gasteiger partial charge in [0.2, 0.25) is 11.8 Å². The number of carbonyl (C=O) groups is 5. The first kappa shape index (κ1) is 27.2. The van der Waals surface area contributed by atoms with Crippen molar-refractivity contribution in [2.45, 2.75) is 28.5 Å². The Kier molecular flexibility index (Phi) is 5.99. The number of phenolic OH excluding ortho intramolecular Hbond substituents is 1. The second kappa shape index (κ2) is 9.02. The fourth-order valence-electron chi connectivity index (χ4n) is 6.86. The van der Waals surface area contributed by atoms with Crippen LogP contribution in [0, 0.1) is 23.6 Å². The van der Waals surface area contributed by atoms with Crippen LogP contribution in [0.4, 0.5) is 14.9 Å². The Balaban J connectivity index is 1.57. The number of nitrogens with zero attached hydrogens (tertiary/aromatic N) is 2. The zero-order chi connectivity index (χ0) is 29.6. The molecule has 6 amide bonds. The number of rotatable bonds is 3. The van der Waals surface area contributed by atoms with Gasteiger partial charge in [-0.05, 0) is 49.1 Å². The number of alkyl halides is 2. The zero-order valence-electron chi connectivity index (χ0n) is 21.3. The second-order valence-electron chi connectivity index (χ2n) is 10.5. The SMILES string of the molecule is COc1ccc([C@H]2C3=CC[C@@H]4C(=O)N(C(N)=O)C(=O)[C@@H]4[C@@H]3C[C@@]3(Cl)C(=O)N(c4ccc(F)cc4)C(=O)[C@@]23Cl)c(O)c1. The molecule has 0 unspecified atom stereocenters. The van der Waals surface area contributed by atoms with Crippen LogP contribution in [-0.4, -0.2) is 56.5 Å². The first-order valence-corrected chi connectivity index (χ1v) is 13.4. The number of primary amides is 1. The number of nitrogens with two attached hydrogens (primary N) is 1. The molecule has 6 atom stereocenters. The highest BCUT2D eigenvalue weighted by Gasteiger charge is 2.77. The maximum atomic E-state index is 14.2. The fraction of sp³-hybridized carbons (Fsp3) is 0.321. The molecule has 6 rings (SSSR count). The second-order valence-corrected chi connectivity index (χ2v) is 11.8. The summed E-state index contributed by atoms with van der Waals surface area (Å²) in [4.78, 5) is 63.5. The molecular weight excluding hydrogens is 580 g/mol. The van der Waals surface area contributed by atoms with Gasteiger partial charge in [-0.25, -0.2) is 14.1 Å². The summed E-state index contributed by atoms with van der Waals surface area (Å²) in [6.07, 6.45) is 1.32. The topological polar surface area (TPSA) is 147 Å². The molecule has 2 saturated heterocycles. The summed E-state index contributed by atoms with van der Waals surface area (Å²) in [6.45, 7) is 0. The van der Waals surface area contributed by atoms with Crippen LogP contribution in [0.3, 0.4) is 0 Å². The van der Waals surface area contributed by atoms with Crippen molar-refractivity contribution in [2.24, 2.45) is 23.5 Å². The zero-order valence-corrected chi connectivity index (χ0v) is 22.9. The van der Waals surface area contributed by atoms with Crippen LogP contribution in [-0.2, 0) is 19.2 Å². The number of allylic oxidation sites excluding steroid dienone is 2. The monoisotopic (exact) mass is 601 g/mol. The summed E-state index contributed by atoms with van der Waals surface area (Å²) in [5.41, 5.74) is 5.90. The van der Waals surface area contributed by atoms with Gasteiger partial charge in [-0.15, -0.1) is 23.2 Å². The van der Waals surface area contributed by atoms with Gasteiger partial charge in [0, 0.05) is 17.5 Å². The van der Waals surface area contributed by atoms with E-state index in [2.05, 4.69) is 0 Å². The van der Waals surface area contributed by atoms with Crippen LogP contribution in [0.15, 0.2) is 54.1 Å². The highest BCUT2D eigenvalue weighted by Crippen LogP contribution is 2.66. The van der Waals surface area contributed by atoms with E-state index in [1.807, 2.05) is 0 Å². The van der Waals surface area contributed by atoms with Gasteiger partial charge >= 0.3 is 6.03 Å². The minimum absolute atomic E-state index is 0.0182. The standard InChI is InChI=1S/C28H22Cl2FN3O7/c1-41-14-6-7-16(19(35)10-14)21-15-8-9-17-20(23(37)34(22(17)36)26(32)40)18(15)11-27(29)24(38)33(25(39)28(21,27)30)13-4-2-12(31)3-5-13/h2-8,10,17-18,20-21,35H,9,11H2,1H3,(H2,32,40)/t17-,18+,20-,21+,27+,28-/m0/s1. The van der Waals surface area contributed by atoms with Crippen LogP contribution in [0.2, 0.25) is 0 Å². The Hall–Kier alpha value is -3.96. The fourth-order valence-corrected chi connectivity index (χ4v) is 7.78. The van der Waals surface area contributed by atoms with Gasteiger partial charge < -0.3 is 15.6 Å². The van der Waals surface area contributed by atoms with Gasteiger partial charge in [0.15, 0.2) is 9.75 Å². The number of carbonyl (C=O) groups excluding carboxylic acids is 5. The van der Waals surface area contributed by atoms with E-state index in [9.17, 15) is 33.5 Å². The van der Waals surface area contributed by atoms with Gasteiger partial charge in [0.1, 0.15) is 17.3 Å².